The van der Waals surface area contributed by atoms with Gasteiger partial charge in [0.15, 0.2) is 5.82 Å². The van der Waals surface area contributed by atoms with Gasteiger partial charge in [-0.2, -0.15) is 0 Å². The second-order valence-corrected chi connectivity index (χ2v) is 8.02. The first-order valence-corrected chi connectivity index (χ1v) is 10.5. The van der Waals surface area contributed by atoms with Gasteiger partial charge in [0.25, 0.3) is 5.91 Å². The Morgan fingerprint density at radius 3 is 2.55 bits per heavy atom. The number of amides is 1. The summed E-state index contributed by atoms with van der Waals surface area (Å²) in [6, 6.07) is 13.5. The van der Waals surface area contributed by atoms with Crippen molar-refractivity contribution in [3.8, 4) is 22.5 Å². The van der Waals surface area contributed by atoms with E-state index in [9.17, 15) is 4.79 Å². The fourth-order valence-electron chi connectivity index (χ4n) is 3.61. The van der Waals surface area contributed by atoms with Crippen LogP contribution in [0.25, 0.3) is 22.5 Å². The van der Waals surface area contributed by atoms with E-state index in [4.69, 9.17) is 0 Å². The molecule has 0 radical (unpaired) electrons. The quantitative estimate of drug-likeness (QED) is 0.488. The van der Waals surface area contributed by atoms with E-state index in [0.29, 0.717) is 17.4 Å². The summed E-state index contributed by atoms with van der Waals surface area (Å²) < 4.78 is 2.07. The van der Waals surface area contributed by atoms with Gasteiger partial charge in [-0.15, -0.1) is 0 Å². The summed E-state index contributed by atoms with van der Waals surface area (Å²) >= 11 is 0. The van der Waals surface area contributed by atoms with Crippen molar-refractivity contribution in [2.75, 3.05) is 5.32 Å². The Balaban J connectivity index is 1.44. The van der Waals surface area contributed by atoms with Crippen LogP contribution in [-0.4, -0.2) is 25.4 Å². The minimum absolute atomic E-state index is 0.103. The lowest BCUT2D eigenvalue weighted by Crippen LogP contribution is -2.17. The summed E-state index contributed by atoms with van der Waals surface area (Å²) in [5, 5.41) is 3.06. The molecule has 31 heavy (non-hydrogen) atoms. The van der Waals surface area contributed by atoms with Gasteiger partial charge in [-0.1, -0.05) is 18.2 Å². The number of carbonyl (C=O) groups excluding carboxylic acids is 1. The maximum atomic E-state index is 13.1. The molecule has 3 aromatic heterocycles. The Morgan fingerprint density at radius 1 is 1.03 bits per heavy atom. The number of aryl methyl sites for hydroxylation is 1. The third kappa shape index (κ3) is 4.23. The predicted octanol–water partition coefficient (Wildman–Crippen LogP) is 4.98. The van der Waals surface area contributed by atoms with Gasteiger partial charge in [0.1, 0.15) is 5.69 Å². The highest BCUT2D eigenvalue weighted by atomic mass is 16.1. The van der Waals surface area contributed by atoms with Gasteiger partial charge < -0.3 is 9.88 Å². The van der Waals surface area contributed by atoms with Gasteiger partial charge in [-0.25, -0.2) is 9.97 Å². The van der Waals surface area contributed by atoms with Crippen LogP contribution in [0.2, 0.25) is 0 Å². The van der Waals surface area contributed by atoms with E-state index < -0.39 is 0 Å². The van der Waals surface area contributed by atoms with Crippen LogP contribution in [0.15, 0.2) is 73.4 Å². The first kappa shape index (κ1) is 19.2. The summed E-state index contributed by atoms with van der Waals surface area (Å²) in [6.07, 6.45) is 11.5. The average molecular weight is 409 g/mol. The second kappa shape index (κ2) is 8.14. The molecular weight excluding hydrogens is 386 g/mol. The van der Waals surface area contributed by atoms with Gasteiger partial charge in [-0.05, 0) is 55.5 Å². The Kier molecular flexibility index (Phi) is 5.04. The zero-order valence-electron chi connectivity index (χ0n) is 17.3. The highest BCUT2D eigenvalue weighted by Gasteiger charge is 2.25. The molecule has 1 aliphatic rings. The number of nitrogens with one attached hydrogen (secondary N) is 1. The number of benzene rings is 1. The molecule has 1 amide bonds. The van der Waals surface area contributed by atoms with Gasteiger partial charge in [0, 0.05) is 59.9 Å². The topological polar surface area (TPSA) is 72.7 Å². The number of pyridine rings is 1. The number of para-hydroxylation sites is 1. The number of aromatic nitrogens is 4. The zero-order valence-corrected chi connectivity index (χ0v) is 17.3. The van der Waals surface area contributed by atoms with Crippen LogP contribution in [0.4, 0.5) is 5.69 Å². The smallest absolute Gasteiger partial charge is 0.272 e. The van der Waals surface area contributed by atoms with E-state index in [1.54, 1.807) is 24.8 Å². The first-order valence-electron chi connectivity index (χ1n) is 10.5. The molecule has 0 atom stereocenters. The summed E-state index contributed by atoms with van der Waals surface area (Å²) in [5.41, 5.74) is 5.22. The molecule has 0 unspecified atom stereocenters. The summed E-state index contributed by atoms with van der Waals surface area (Å²) in [5.74, 6) is 1.18. The standard InChI is InChI=1S/C25H23N5O/c1-17-5-2-3-7-22(17)29-25(31)23-11-20(16-30(23)15-18-8-9-18)21-13-27-24(28-14-21)19-6-4-10-26-12-19/h2-7,10-14,16,18H,8-9,15H2,1H3,(H,29,31). The Bertz CT molecular complexity index is 1210. The average Bonchev–Trinajstić information content (AvgIpc) is 3.52. The van der Waals surface area contributed by atoms with E-state index in [1.807, 2.05) is 55.6 Å². The van der Waals surface area contributed by atoms with Crippen LogP contribution in [0, 0.1) is 12.8 Å². The SMILES string of the molecule is Cc1ccccc1NC(=O)c1cc(-c2cnc(-c3cccnc3)nc2)cn1CC1CC1. The number of rotatable bonds is 6. The third-order valence-corrected chi connectivity index (χ3v) is 5.58. The van der Waals surface area contributed by atoms with Crippen molar-refractivity contribution < 1.29 is 4.79 Å². The van der Waals surface area contributed by atoms with E-state index in [-0.39, 0.29) is 5.91 Å². The summed E-state index contributed by atoms with van der Waals surface area (Å²) in [4.78, 5) is 26.2. The van der Waals surface area contributed by atoms with Crippen LogP contribution < -0.4 is 5.32 Å². The molecule has 154 valence electrons. The van der Waals surface area contributed by atoms with Crippen molar-refractivity contribution in [1.82, 2.24) is 19.5 Å². The van der Waals surface area contributed by atoms with Crippen LogP contribution in [0.3, 0.4) is 0 Å². The molecule has 1 aromatic carbocycles. The van der Waals surface area contributed by atoms with Gasteiger partial charge >= 0.3 is 0 Å². The van der Waals surface area contributed by atoms with Crippen LogP contribution >= 0.6 is 0 Å². The van der Waals surface area contributed by atoms with Crippen molar-refractivity contribution in [2.45, 2.75) is 26.3 Å². The zero-order chi connectivity index (χ0) is 21.2. The Morgan fingerprint density at radius 2 is 1.84 bits per heavy atom. The molecule has 0 bridgehead atoms. The minimum Gasteiger partial charge on any atom is -0.343 e. The van der Waals surface area contributed by atoms with Crippen molar-refractivity contribution in [3.63, 3.8) is 0 Å². The van der Waals surface area contributed by atoms with Gasteiger partial charge in [-0.3, -0.25) is 9.78 Å². The van der Waals surface area contributed by atoms with Gasteiger partial charge in [0.2, 0.25) is 0 Å². The number of carbonyl (C=O) groups is 1. The molecule has 1 N–H and O–H groups in total. The maximum absolute atomic E-state index is 13.1. The molecule has 6 heteroatoms. The van der Waals surface area contributed by atoms with E-state index in [0.717, 1.165) is 34.5 Å². The summed E-state index contributed by atoms with van der Waals surface area (Å²) in [6.45, 7) is 2.84. The Labute approximate surface area is 181 Å². The van der Waals surface area contributed by atoms with E-state index in [2.05, 4.69) is 24.8 Å². The number of nitrogens with zero attached hydrogens (tertiary/aromatic N) is 4. The van der Waals surface area contributed by atoms with E-state index in [1.165, 1.54) is 12.8 Å². The minimum atomic E-state index is -0.103. The van der Waals surface area contributed by atoms with Crippen molar-refractivity contribution in [2.24, 2.45) is 5.92 Å². The molecule has 4 aromatic rings. The fraction of sp³-hybridized carbons (Fsp3) is 0.200. The first-order chi connectivity index (χ1) is 15.2. The van der Waals surface area contributed by atoms with Crippen molar-refractivity contribution in [3.05, 3.63) is 84.7 Å². The second-order valence-electron chi connectivity index (χ2n) is 8.02. The van der Waals surface area contributed by atoms with Crippen molar-refractivity contribution >= 4 is 11.6 Å². The number of hydrogen-bond donors (Lipinski definition) is 1. The third-order valence-electron chi connectivity index (χ3n) is 5.58. The van der Waals surface area contributed by atoms with E-state index >= 15 is 0 Å². The lowest BCUT2D eigenvalue weighted by molar-refractivity contribution is 0.101. The highest BCUT2D eigenvalue weighted by Crippen LogP contribution is 2.33. The lowest BCUT2D eigenvalue weighted by atomic mass is 10.1. The van der Waals surface area contributed by atoms with Crippen molar-refractivity contribution in [1.29, 1.82) is 0 Å². The number of anilines is 1. The van der Waals surface area contributed by atoms with Crippen LogP contribution in [0.5, 0.6) is 0 Å². The fourth-order valence-corrected chi connectivity index (χ4v) is 3.61. The predicted molar refractivity (Wildman–Crippen MR) is 121 cm³/mol. The molecule has 0 aliphatic heterocycles. The molecule has 0 spiro atoms. The van der Waals surface area contributed by atoms with Crippen LogP contribution in [-0.2, 0) is 6.54 Å². The lowest BCUT2D eigenvalue weighted by Gasteiger charge is -2.10. The number of hydrogen-bond acceptors (Lipinski definition) is 4. The highest BCUT2D eigenvalue weighted by molar-refractivity contribution is 6.04. The molecule has 0 saturated heterocycles. The largest absolute Gasteiger partial charge is 0.343 e. The molecular formula is C25H23N5O. The molecule has 5 rings (SSSR count). The summed E-state index contributed by atoms with van der Waals surface area (Å²) in [7, 11) is 0. The maximum Gasteiger partial charge on any atom is 0.272 e. The normalized spacial score (nSPS) is 13.2. The molecule has 1 fully saturated rings. The monoisotopic (exact) mass is 409 g/mol. The molecule has 6 nitrogen and oxygen atoms in total. The van der Waals surface area contributed by atoms with Gasteiger partial charge in [0.05, 0.1) is 0 Å². The molecule has 1 saturated carbocycles. The molecule has 1 aliphatic carbocycles. The molecule has 3 heterocycles. The van der Waals surface area contributed by atoms with Crippen LogP contribution in [0.1, 0.15) is 28.9 Å². The Hall–Kier alpha value is -3.80.